The lowest BCUT2D eigenvalue weighted by atomic mass is 9.96. The largest absolute Gasteiger partial charge is 0.379 e. The van der Waals surface area contributed by atoms with Crippen molar-refractivity contribution in [1.82, 2.24) is 4.90 Å². The monoisotopic (exact) mass is 207 g/mol. The number of likely N-dealkylation sites (N-methyl/N-ethyl adjacent to an activating group) is 1. The Hall–Kier alpha value is 0.210. The number of ether oxygens (including phenoxy) is 1. The molecule has 13 heavy (non-hydrogen) atoms. The highest BCUT2D eigenvalue weighted by atomic mass is 35.5. The van der Waals surface area contributed by atoms with E-state index in [1.807, 2.05) is 0 Å². The fourth-order valence-corrected chi connectivity index (χ4v) is 1.37. The van der Waals surface area contributed by atoms with Gasteiger partial charge in [-0.05, 0) is 12.5 Å². The SMILES string of the molecule is CN(CCOCCCl)CC(C)(C)C. The molecule has 0 aromatic heterocycles. The number of hydrogen-bond acceptors (Lipinski definition) is 2. The predicted molar refractivity (Wildman–Crippen MR) is 58.5 cm³/mol. The van der Waals surface area contributed by atoms with Gasteiger partial charge in [0.2, 0.25) is 0 Å². The van der Waals surface area contributed by atoms with Gasteiger partial charge in [0.1, 0.15) is 0 Å². The zero-order valence-electron chi connectivity index (χ0n) is 9.27. The Balaban J connectivity index is 3.35. The van der Waals surface area contributed by atoms with Crippen LogP contribution in [0, 0.1) is 5.41 Å². The molecule has 0 aliphatic heterocycles. The summed E-state index contributed by atoms with van der Waals surface area (Å²) in [6.45, 7) is 10.2. The molecule has 0 rings (SSSR count). The zero-order chi connectivity index (χ0) is 10.3. The predicted octanol–water partition coefficient (Wildman–Crippen LogP) is 2.22. The Morgan fingerprint density at radius 3 is 2.31 bits per heavy atom. The summed E-state index contributed by atoms with van der Waals surface area (Å²) in [6, 6.07) is 0. The number of nitrogens with zero attached hydrogens (tertiary/aromatic N) is 1. The highest BCUT2D eigenvalue weighted by molar-refractivity contribution is 6.17. The third-order valence-electron chi connectivity index (χ3n) is 1.58. The molecule has 0 aliphatic carbocycles. The molecule has 0 aromatic rings. The maximum atomic E-state index is 5.48. The topological polar surface area (TPSA) is 12.5 Å². The second-order valence-corrected chi connectivity index (χ2v) is 4.98. The molecule has 0 radical (unpaired) electrons. The molecule has 0 atom stereocenters. The molecule has 0 spiro atoms. The fourth-order valence-electron chi connectivity index (χ4n) is 1.27. The summed E-state index contributed by atoms with van der Waals surface area (Å²) in [5.41, 5.74) is 0.362. The first-order valence-electron chi connectivity index (χ1n) is 4.78. The zero-order valence-corrected chi connectivity index (χ0v) is 10.0. The molecule has 0 N–H and O–H groups in total. The van der Waals surface area contributed by atoms with E-state index in [1.54, 1.807) is 0 Å². The van der Waals surface area contributed by atoms with Crippen molar-refractivity contribution in [1.29, 1.82) is 0 Å². The van der Waals surface area contributed by atoms with Crippen LogP contribution in [-0.2, 0) is 4.74 Å². The van der Waals surface area contributed by atoms with Crippen molar-refractivity contribution in [3.63, 3.8) is 0 Å². The van der Waals surface area contributed by atoms with Crippen LogP contribution in [-0.4, -0.2) is 44.1 Å². The van der Waals surface area contributed by atoms with Gasteiger partial charge >= 0.3 is 0 Å². The van der Waals surface area contributed by atoms with Gasteiger partial charge < -0.3 is 9.64 Å². The van der Waals surface area contributed by atoms with Crippen molar-refractivity contribution in [2.45, 2.75) is 20.8 Å². The van der Waals surface area contributed by atoms with Crippen LogP contribution in [0.5, 0.6) is 0 Å². The number of alkyl halides is 1. The molecule has 2 nitrogen and oxygen atoms in total. The van der Waals surface area contributed by atoms with Gasteiger partial charge in [-0.3, -0.25) is 0 Å². The summed E-state index contributed by atoms with van der Waals surface area (Å²) >= 11 is 5.48. The van der Waals surface area contributed by atoms with Crippen molar-refractivity contribution >= 4 is 11.6 Å². The van der Waals surface area contributed by atoms with Crippen LogP contribution >= 0.6 is 11.6 Å². The smallest absolute Gasteiger partial charge is 0.0602 e. The average molecular weight is 208 g/mol. The third kappa shape index (κ3) is 10.1. The molecule has 0 aliphatic rings. The standard InChI is InChI=1S/C10H22ClNO/c1-10(2,3)9-12(4)6-8-13-7-5-11/h5-9H2,1-4H3. The minimum atomic E-state index is 0.362. The van der Waals surface area contributed by atoms with Crippen molar-refractivity contribution in [3.05, 3.63) is 0 Å². The quantitative estimate of drug-likeness (QED) is 0.489. The maximum absolute atomic E-state index is 5.48. The lowest BCUT2D eigenvalue weighted by molar-refractivity contribution is 0.111. The van der Waals surface area contributed by atoms with Crippen LogP contribution in [0.4, 0.5) is 0 Å². The van der Waals surface area contributed by atoms with Gasteiger partial charge in [-0.1, -0.05) is 20.8 Å². The van der Waals surface area contributed by atoms with Gasteiger partial charge in [0.25, 0.3) is 0 Å². The van der Waals surface area contributed by atoms with E-state index < -0.39 is 0 Å². The average Bonchev–Trinajstić information content (AvgIpc) is 1.94. The first kappa shape index (κ1) is 13.2. The number of hydrogen-bond donors (Lipinski definition) is 0. The Labute approximate surface area is 87.2 Å². The second-order valence-electron chi connectivity index (χ2n) is 4.60. The Kier molecular flexibility index (Phi) is 6.74. The first-order chi connectivity index (χ1) is 5.95. The molecule has 0 saturated heterocycles. The minimum absolute atomic E-state index is 0.362. The minimum Gasteiger partial charge on any atom is -0.379 e. The summed E-state index contributed by atoms with van der Waals surface area (Å²) in [7, 11) is 2.12. The normalized spacial score (nSPS) is 12.5. The van der Waals surface area contributed by atoms with Crippen LogP contribution in [0.2, 0.25) is 0 Å². The molecule has 3 heteroatoms. The molecule has 0 heterocycles. The summed E-state index contributed by atoms with van der Waals surface area (Å²) < 4.78 is 5.29. The molecule has 0 unspecified atom stereocenters. The van der Waals surface area contributed by atoms with Gasteiger partial charge in [0.15, 0.2) is 0 Å². The van der Waals surface area contributed by atoms with E-state index in [2.05, 4.69) is 32.7 Å². The van der Waals surface area contributed by atoms with E-state index in [1.165, 1.54) is 0 Å². The fraction of sp³-hybridized carbons (Fsp3) is 1.00. The van der Waals surface area contributed by atoms with E-state index in [9.17, 15) is 0 Å². The van der Waals surface area contributed by atoms with Crippen molar-refractivity contribution in [3.8, 4) is 0 Å². The highest BCUT2D eigenvalue weighted by Gasteiger charge is 2.12. The van der Waals surface area contributed by atoms with Gasteiger partial charge in [-0.2, -0.15) is 0 Å². The van der Waals surface area contributed by atoms with E-state index in [0.717, 1.165) is 19.7 Å². The van der Waals surface area contributed by atoms with Crippen LogP contribution in [0.3, 0.4) is 0 Å². The van der Waals surface area contributed by atoms with Gasteiger partial charge in [-0.25, -0.2) is 0 Å². The molecule has 0 bridgehead atoms. The molecular formula is C10H22ClNO. The molecule has 80 valence electrons. The van der Waals surface area contributed by atoms with E-state index in [4.69, 9.17) is 16.3 Å². The van der Waals surface area contributed by atoms with E-state index in [-0.39, 0.29) is 0 Å². The van der Waals surface area contributed by atoms with Gasteiger partial charge in [0.05, 0.1) is 13.2 Å². The van der Waals surface area contributed by atoms with E-state index >= 15 is 0 Å². The Bertz CT molecular complexity index is 123. The van der Waals surface area contributed by atoms with Crippen LogP contribution in [0.1, 0.15) is 20.8 Å². The maximum Gasteiger partial charge on any atom is 0.0602 e. The lowest BCUT2D eigenvalue weighted by Crippen LogP contribution is -2.32. The van der Waals surface area contributed by atoms with Crippen LogP contribution < -0.4 is 0 Å². The molecule has 0 aromatic carbocycles. The summed E-state index contributed by atoms with van der Waals surface area (Å²) in [5.74, 6) is 0.586. The number of halogens is 1. The van der Waals surface area contributed by atoms with Gasteiger partial charge in [-0.15, -0.1) is 11.6 Å². The van der Waals surface area contributed by atoms with Crippen molar-refractivity contribution in [2.24, 2.45) is 5.41 Å². The Morgan fingerprint density at radius 1 is 1.23 bits per heavy atom. The summed E-state index contributed by atoms with van der Waals surface area (Å²) in [5, 5.41) is 0. The third-order valence-corrected chi connectivity index (χ3v) is 1.74. The van der Waals surface area contributed by atoms with Crippen LogP contribution in [0.15, 0.2) is 0 Å². The van der Waals surface area contributed by atoms with Crippen molar-refractivity contribution < 1.29 is 4.74 Å². The van der Waals surface area contributed by atoms with E-state index in [0.29, 0.717) is 17.9 Å². The summed E-state index contributed by atoms with van der Waals surface area (Å²) in [4.78, 5) is 2.29. The molecule has 0 fully saturated rings. The van der Waals surface area contributed by atoms with Crippen molar-refractivity contribution in [2.75, 3.05) is 39.2 Å². The Morgan fingerprint density at radius 2 is 1.85 bits per heavy atom. The number of rotatable bonds is 6. The molecule has 0 saturated carbocycles. The van der Waals surface area contributed by atoms with Gasteiger partial charge in [0, 0.05) is 19.0 Å². The lowest BCUT2D eigenvalue weighted by Gasteiger charge is -2.26. The van der Waals surface area contributed by atoms with Crippen LogP contribution in [0.25, 0.3) is 0 Å². The highest BCUT2D eigenvalue weighted by Crippen LogP contribution is 2.13. The molecule has 0 amide bonds. The molecular weight excluding hydrogens is 186 g/mol. The summed E-state index contributed by atoms with van der Waals surface area (Å²) in [6.07, 6.45) is 0. The second kappa shape index (κ2) is 6.63. The first-order valence-corrected chi connectivity index (χ1v) is 5.31.